The van der Waals surface area contributed by atoms with Crippen LogP contribution in [-0.2, 0) is 47.6 Å². The number of piperidine rings is 2. The molecule has 2 aromatic carbocycles. The Hall–Kier alpha value is -6.52. The number of amides is 2. The average Bonchev–Trinajstić information content (AvgIpc) is 3.17. The van der Waals surface area contributed by atoms with E-state index >= 15 is 0 Å². The minimum absolute atomic E-state index is 0.0422. The zero-order valence-electron chi connectivity index (χ0n) is 35.0. The number of hydrogen-bond donors (Lipinski definition) is 0. The van der Waals surface area contributed by atoms with Crippen molar-refractivity contribution in [2.45, 2.75) is 116 Å². The first-order chi connectivity index (χ1) is 28.2. The lowest BCUT2D eigenvalue weighted by Crippen LogP contribution is -2.51. The highest BCUT2D eigenvalue weighted by atomic mass is 16.6. The smallest absolute Gasteiger partial charge is 0.410 e. The van der Waals surface area contributed by atoms with Crippen LogP contribution in [0.1, 0.15) is 91.6 Å². The van der Waals surface area contributed by atoms with Crippen LogP contribution in [-0.4, -0.2) is 108 Å². The van der Waals surface area contributed by atoms with Crippen LogP contribution in [0.5, 0.6) is 0 Å². The number of rotatable bonds is 10. The fourth-order valence-electron chi connectivity index (χ4n) is 5.95. The van der Waals surface area contributed by atoms with E-state index in [0.717, 1.165) is 0 Å². The molecule has 0 N–H and O–H groups in total. The van der Waals surface area contributed by atoms with Crippen molar-refractivity contribution in [3.63, 3.8) is 0 Å². The number of esters is 4. The number of hydrogen-bond acceptors (Lipinski definition) is 14. The molecule has 20 heteroatoms. The fourth-order valence-corrected chi connectivity index (χ4v) is 5.95. The van der Waals surface area contributed by atoms with Crippen molar-refractivity contribution in [2.24, 2.45) is 10.2 Å². The van der Waals surface area contributed by atoms with Crippen molar-refractivity contribution in [1.29, 1.82) is 0 Å². The van der Waals surface area contributed by atoms with Crippen LogP contribution in [0.15, 0.2) is 70.9 Å². The Morgan fingerprint density at radius 1 is 0.617 bits per heavy atom. The molecule has 20 nitrogen and oxygen atoms in total. The van der Waals surface area contributed by atoms with Gasteiger partial charge in [0.15, 0.2) is 0 Å². The maximum absolute atomic E-state index is 12.8. The highest BCUT2D eigenvalue weighted by molar-refractivity contribution is 5.81. The van der Waals surface area contributed by atoms with Crippen LogP contribution < -0.4 is 0 Å². The van der Waals surface area contributed by atoms with Crippen LogP contribution in [0.2, 0.25) is 0 Å². The highest BCUT2D eigenvalue weighted by Crippen LogP contribution is 2.27. The van der Waals surface area contributed by atoms with Gasteiger partial charge in [-0.05, 0) is 52.6 Å². The molecule has 2 amide bonds. The van der Waals surface area contributed by atoms with Crippen LogP contribution in [0.25, 0.3) is 20.9 Å². The van der Waals surface area contributed by atoms with Gasteiger partial charge in [0.1, 0.15) is 23.4 Å². The monoisotopic (exact) mass is 836 g/mol. The van der Waals surface area contributed by atoms with E-state index < -0.39 is 83.8 Å². The van der Waals surface area contributed by atoms with Gasteiger partial charge >= 0.3 is 36.1 Å². The number of carbonyl (C=O) groups is 6. The Balaban J connectivity index is 0.000000320. The molecule has 2 heterocycles. The van der Waals surface area contributed by atoms with Crippen LogP contribution >= 0.6 is 0 Å². The Morgan fingerprint density at radius 3 is 1.23 bits per heavy atom. The SMILES string of the molecule is CC(=O)O[C@@H](C(=O)O[C@@H]1CCN(C(=O)OC(C)(C)C)C[C@H]1N=[N+]=[N-])c1ccccc1.CC(=O)O[C@@H](C(=O)O[C@H]1CCN(C(=O)OC(C)(C)C)C[C@@H]1N=[N+]=[N-])c1ccccc1. The van der Waals surface area contributed by atoms with E-state index in [1.807, 2.05) is 0 Å². The summed E-state index contributed by atoms with van der Waals surface area (Å²) in [6, 6.07) is 15.4. The number of likely N-dealkylation sites (tertiary alicyclic amines) is 2. The summed E-state index contributed by atoms with van der Waals surface area (Å²) in [7, 11) is 0. The quantitative estimate of drug-likeness (QED) is 0.0767. The molecule has 0 saturated carbocycles. The zero-order chi connectivity index (χ0) is 44.6. The molecule has 2 aliphatic heterocycles. The van der Waals surface area contributed by atoms with Crippen molar-refractivity contribution in [2.75, 3.05) is 26.2 Å². The fraction of sp³-hybridized carbons (Fsp3) is 0.550. The standard InChI is InChI=1S/2C20H26N4O6/c2*1-13(25)28-17(14-8-6-5-7-9-14)18(26)29-16-10-11-24(12-15(16)22-23-21)19(27)30-20(2,3)4/h2*5-9,15-17H,10-12H2,1-4H3/t15-,16-,17+;15-,16-,17-/m01/s1. The molecular formula is C40H52N8O12. The van der Waals surface area contributed by atoms with Gasteiger partial charge in [0.05, 0.1) is 12.1 Å². The summed E-state index contributed by atoms with van der Waals surface area (Å²) in [4.78, 5) is 81.5. The Bertz CT molecular complexity index is 1770. The van der Waals surface area contributed by atoms with E-state index in [0.29, 0.717) is 11.1 Å². The second-order valence-corrected chi connectivity index (χ2v) is 15.7. The molecule has 6 atom stereocenters. The molecule has 0 unspecified atom stereocenters. The predicted octanol–water partition coefficient (Wildman–Crippen LogP) is 7.04. The summed E-state index contributed by atoms with van der Waals surface area (Å²) < 4.78 is 32.1. The van der Waals surface area contributed by atoms with Crippen LogP contribution in [0.3, 0.4) is 0 Å². The normalized spacial score (nSPS) is 19.8. The molecule has 2 saturated heterocycles. The maximum Gasteiger partial charge on any atom is 0.410 e. The molecule has 2 aliphatic rings. The molecule has 2 fully saturated rings. The predicted molar refractivity (Wildman–Crippen MR) is 212 cm³/mol. The molecule has 0 radical (unpaired) electrons. The van der Waals surface area contributed by atoms with Crippen molar-refractivity contribution in [3.05, 3.63) is 92.7 Å². The van der Waals surface area contributed by atoms with Gasteiger partial charge in [-0.1, -0.05) is 70.9 Å². The molecule has 0 bridgehead atoms. The highest BCUT2D eigenvalue weighted by Gasteiger charge is 2.39. The van der Waals surface area contributed by atoms with Gasteiger partial charge in [-0.25, -0.2) is 19.2 Å². The zero-order valence-corrected chi connectivity index (χ0v) is 35.0. The van der Waals surface area contributed by atoms with E-state index in [2.05, 4.69) is 20.1 Å². The van der Waals surface area contributed by atoms with Gasteiger partial charge < -0.3 is 38.2 Å². The molecule has 2 aromatic rings. The first kappa shape index (κ1) is 47.9. The van der Waals surface area contributed by atoms with Crippen LogP contribution in [0, 0.1) is 0 Å². The number of ether oxygens (including phenoxy) is 6. The van der Waals surface area contributed by atoms with Crippen LogP contribution in [0.4, 0.5) is 9.59 Å². The number of benzene rings is 2. The van der Waals surface area contributed by atoms with Gasteiger partial charge in [-0.3, -0.25) is 9.59 Å². The number of nitrogens with zero attached hydrogens (tertiary/aromatic N) is 8. The van der Waals surface area contributed by atoms with Crippen molar-refractivity contribution in [3.8, 4) is 0 Å². The van der Waals surface area contributed by atoms with Crippen molar-refractivity contribution in [1.82, 2.24) is 9.80 Å². The minimum Gasteiger partial charge on any atom is -0.459 e. The lowest BCUT2D eigenvalue weighted by atomic mass is 10.0. The molecule has 0 aliphatic carbocycles. The molecule has 60 heavy (non-hydrogen) atoms. The summed E-state index contributed by atoms with van der Waals surface area (Å²) in [6.45, 7) is 13.5. The van der Waals surface area contributed by atoms with E-state index in [9.17, 15) is 28.8 Å². The summed E-state index contributed by atoms with van der Waals surface area (Å²) in [5.74, 6) is -2.81. The number of azide groups is 2. The second kappa shape index (κ2) is 22.0. The third kappa shape index (κ3) is 15.7. The van der Waals surface area contributed by atoms with Gasteiger partial charge in [-0.2, -0.15) is 0 Å². The van der Waals surface area contributed by atoms with E-state index in [1.54, 1.807) is 102 Å². The third-order valence-corrected chi connectivity index (χ3v) is 8.48. The summed E-state index contributed by atoms with van der Waals surface area (Å²) in [5, 5.41) is 7.37. The average molecular weight is 837 g/mol. The first-order valence-electron chi connectivity index (χ1n) is 19.1. The molecular weight excluding hydrogens is 784 g/mol. The van der Waals surface area contributed by atoms with Gasteiger partial charge in [0.2, 0.25) is 12.2 Å². The van der Waals surface area contributed by atoms with E-state index in [1.165, 1.54) is 23.6 Å². The Kier molecular flexibility index (Phi) is 17.6. The summed E-state index contributed by atoms with van der Waals surface area (Å²) in [6.07, 6.45) is -4.59. The maximum atomic E-state index is 12.8. The topological polar surface area (TPSA) is 262 Å². The largest absolute Gasteiger partial charge is 0.459 e. The van der Waals surface area contributed by atoms with Gasteiger partial charge in [-0.15, -0.1) is 0 Å². The molecule has 0 spiro atoms. The summed E-state index contributed by atoms with van der Waals surface area (Å²) >= 11 is 0. The molecule has 324 valence electrons. The molecule has 0 aromatic heterocycles. The third-order valence-electron chi connectivity index (χ3n) is 8.48. The van der Waals surface area contributed by atoms with Gasteiger partial charge in [0, 0.05) is 73.8 Å². The number of carbonyl (C=O) groups excluding carboxylic acids is 6. The van der Waals surface area contributed by atoms with E-state index in [4.69, 9.17) is 39.5 Å². The minimum atomic E-state index is -1.24. The lowest BCUT2D eigenvalue weighted by molar-refractivity contribution is -0.173. The lowest BCUT2D eigenvalue weighted by Gasteiger charge is -2.37. The summed E-state index contributed by atoms with van der Waals surface area (Å²) in [5.41, 5.74) is 17.4. The Morgan fingerprint density at radius 2 is 0.950 bits per heavy atom. The van der Waals surface area contributed by atoms with Crippen molar-refractivity contribution < 1.29 is 57.2 Å². The Labute approximate surface area is 347 Å². The van der Waals surface area contributed by atoms with Crippen molar-refractivity contribution >= 4 is 36.1 Å². The van der Waals surface area contributed by atoms with E-state index in [-0.39, 0.29) is 39.0 Å². The van der Waals surface area contributed by atoms with Gasteiger partial charge in [0.25, 0.3) is 0 Å². The first-order valence-corrected chi connectivity index (χ1v) is 19.1. The second-order valence-electron chi connectivity index (χ2n) is 15.7. The molecule has 4 rings (SSSR count).